The van der Waals surface area contributed by atoms with E-state index in [0.29, 0.717) is 12.2 Å². The molecule has 1 fully saturated rings. The number of nitrogens with zero attached hydrogens (tertiary/aromatic N) is 4. The first-order chi connectivity index (χ1) is 13.0. The van der Waals surface area contributed by atoms with E-state index in [1.54, 1.807) is 12.4 Å². The number of carbonyl (C=O) groups excluding carboxylic acids is 1. The van der Waals surface area contributed by atoms with Crippen LogP contribution in [0.25, 0.3) is 21.9 Å². The Kier molecular flexibility index (Phi) is 4.55. The number of aryl methyl sites for hydroxylation is 1. The summed E-state index contributed by atoms with van der Waals surface area (Å²) < 4.78 is 5.62. The minimum atomic E-state index is -0.362. The summed E-state index contributed by atoms with van der Waals surface area (Å²) in [5.74, 6) is 1.71. The molecule has 1 unspecified atom stereocenters. The SMILES string of the molecule is Cc1nc(N2CCCC(OC(=O)NC(C)C)C2)c2c(cnc3nccc32)[nH]1. The Morgan fingerprint density at radius 1 is 1.41 bits per heavy atom. The van der Waals surface area contributed by atoms with Gasteiger partial charge in [-0.15, -0.1) is 0 Å². The molecule has 4 rings (SSSR count). The van der Waals surface area contributed by atoms with Crippen molar-refractivity contribution in [1.82, 2.24) is 25.3 Å². The number of amides is 1. The van der Waals surface area contributed by atoms with E-state index >= 15 is 0 Å². The van der Waals surface area contributed by atoms with E-state index in [1.807, 2.05) is 26.8 Å². The maximum absolute atomic E-state index is 12.0. The Morgan fingerprint density at radius 2 is 2.26 bits per heavy atom. The molecule has 1 aliphatic rings. The van der Waals surface area contributed by atoms with Gasteiger partial charge in [0.1, 0.15) is 17.7 Å². The number of hydrogen-bond acceptors (Lipinski definition) is 6. The molecule has 0 saturated carbocycles. The number of pyridine rings is 1. The van der Waals surface area contributed by atoms with Crippen LogP contribution in [0.15, 0.2) is 18.5 Å². The highest BCUT2D eigenvalue weighted by Crippen LogP contribution is 2.31. The molecule has 1 atom stereocenters. The van der Waals surface area contributed by atoms with Crippen LogP contribution in [-0.2, 0) is 4.74 Å². The van der Waals surface area contributed by atoms with E-state index in [0.717, 1.165) is 47.3 Å². The molecule has 0 aliphatic carbocycles. The molecule has 1 amide bonds. The van der Waals surface area contributed by atoms with Gasteiger partial charge in [0.15, 0.2) is 5.65 Å². The number of alkyl carbamates (subject to hydrolysis) is 1. The Bertz CT molecular complexity index is 983. The van der Waals surface area contributed by atoms with Crippen molar-refractivity contribution < 1.29 is 9.53 Å². The maximum atomic E-state index is 12.0. The van der Waals surface area contributed by atoms with E-state index in [4.69, 9.17) is 9.72 Å². The van der Waals surface area contributed by atoms with Gasteiger partial charge in [0.2, 0.25) is 0 Å². The minimum absolute atomic E-state index is 0.0562. The number of anilines is 1. The van der Waals surface area contributed by atoms with Crippen LogP contribution in [0.3, 0.4) is 0 Å². The lowest BCUT2D eigenvalue weighted by Crippen LogP contribution is -2.43. The first kappa shape index (κ1) is 17.5. The number of rotatable bonds is 3. The number of H-pyrrole nitrogens is 1. The number of nitrogens with one attached hydrogen (secondary N) is 2. The number of hydrogen-bond donors (Lipinski definition) is 2. The molecule has 0 radical (unpaired) electrons. The van der Waals surface area contributed by atoms with Gasteiger partial charge in [-0.3, -0.25) is 0 Å². The van der Waals surface area contributed by atoms with Crippen LogP contribution in [0.2, 0.25) is 0 Å². The van der Waals surface area contributed by atoms with Crippen molar-refractivity contribution in [3.05, 3.63) is 24.3 Å². The number of ether oxygens (including phenoxy) is 1. The highest BCUT2D eigenvalue weighted by Gasteiger charge is 2.26. The lowest BCUT2D eigenvalue weighted by molar-refractivity contribution is 0.0865. The van der Waals surface area contributed by atoms with Gasteiger partial charge < -0.3 is 19.9 Å². The molecule has 3 aromatic heterocycles. The molecule has 1 aliphatic heterocycles. The second-order valence-corrected chi connectivity index (χ2v) is 7.29. The number of fused-ring (bicyclic) bond motifs is 3. The summed E-state index contributed by atoms with van der Waals surface area (Å²) in [4.78, 5) is 31.0. The molecule has 8 nitrogen and oxygen atoms in total. The van der Waals surface area contributed by atoms with Crippen molar-refractivity contribution in [1.29, 1.82) is 0 Å². The van der Waals surface area contributed by atoms with Gasteiger partial charge in [-0.25, -0.2) is 19.7 Å². The zero-order valence-corrected chi connectivity index (χ0v) is 15.8. The molecular formula is C19H24N6O2. The van der Waals surface area contributed by atoms with Crippen LogP contribution in [0, 0.1) is 6.92 Å². The van der Waals surface area contributed by atoms with Gasteiger partial charge in [0.25, 0.3) is 0 Å². The van der Waals surface area contributed by atoms with Crippen molar-refractivity contribution in [2.24, 2.45) is 0 Å². The zero-order chi connectivity index (χ0) is 19.0. The molecule has 27 heavy (non-hydrogen) atoms. The molecular weight excluding hydrogens is 344 g/mol. The second kappa shape index (κ2) is 7.02. The first-order valence-corrected chi connectivity index (χ1v) is 9.33. The predicted octanol–water partition coefficient (Wildman–Crippen LogP) is 2.92. The maximum Gasteiger partial charge on any atom is 0.407 e. The number of piperidine rings is 1. The quantitative estimate of drug-likeness (QED) is 0.738. The van der Waals surface area contributed by atoms with Crippen molar-refractivity contribution in [3.63, 3.8) is 0 Å². The Labute approximate surface area is 157 Å². The molecule has 0 spiro atoms. The Balaban J connectivity index is 1.67. The monoisotopic (exact) mass is 368 g/mol. The predicted molar refractivity (Wildman–Crippen MR) is 104 cm³/mol. The molecule has 2 N–H and O–H groups in total. The number of aromatic nitrogens is 4. The molecule has 3 aromatic rings. The highest BCUT2D eigenvalue weighted by molar-refractivity contribution is 6.09. The van der Waals surface area contributed by atoms with Crippen LogP contribution >= 0.6 is 0 Å². The molecule has 4 heterocycles. The molecule has 1 saturated heterocycles. The molecule has 0 bridgehead atoms. The van der Waals surface area contributed by atoms with Crippen molar-refractivity contribution in [2.45, 2.75) is 45.8 Å². The average Bonchev–Trinajstić information content (AvgIpc) is 3.09. The largest absolute Gasteiger partial charge is 0.444 e. The summed E-state index contributed by atoms with van der Waals surface area (Å²) in [6.07, 6.45) is 4.84. The van der Waals surface area contributed by atoms with E-state index in [2.05, 4.69) is 25.2 Å². The van der Waals surface area contributed by atoms with Gasteiger partial charge in [0.05, 0.1) is 23.6 Å². The summed E-state index contributed by atoms with van der Waals surface area (Å²) in [7, 11) is 0. The summed E-state index contributed by atoms with van der Waals surface area (Å²) in [6, 6.07) is 2.02. The van der Waals surface area contributed by atoms with Crippen LogP contribution in [0.4, 0.5) is 10.6 Å². The fourth-order valence-electron chi connectivity index (χ4n) is 3.61. The second-order valence-electron chi connectivity index (χ2n) is 7.29. The molecule has 142 valence electrons. The van der Waals surface area contributed by atoms with Crippen LogP contribution < -0.4 is 10.2 Å². The average molecular weight is 368 g/mol. The van der Waals surface area contributed by atoms with Gasteiger partial charge in [-0.1, -0.05) is 0 Å². The molecule has 8 heteroatoms. The first-order valence-electron chi connectivity index (χ1n) is 9.33. The summed E-state index contributed by atoms with van der Waals surface area (Å²) in [6.45, 7) is 7.26. The Morgan fingerprint density at radius 3 is 3.07 bits per heavy atom. The number of carbonyl (C=O) groups is 1. The van der Waals surface area contributed by atoms with Crippen molar-refractivity contribution >= 4 is 33.8 Å². The standard InChI is InChI=1S/C19H24N6O2/c1-11(2)22-19(26)27-13-5-4-8-25(10-13)18-16-14-6-7-20-17(14)21-9-15(16)23-12(3)24-18/h6-7,9,11,13H,4-5,8,10H2,1-3H3,(H,22,26)(H,23,24). The third-order valence-electron chi connectivity index (χ3n) is 4.70. The summed E-state index contributed by atoms with van der Waals surface area (Å²) in [5.41, 5.74) is 1.64. The van der Waals surface area contributed by atoms with Gasteiger partial charge in [-0.05, 0) is 39.7 Å². The van der Waals surface area contributed by atoms with Crippen molar-refractivity contribution in [2.75, 3.05) is 18.0 Å². The minimum Gasteiger partial charge on any atom is -0.444 e. The van der Waals surface area contributed by atoms with Gasteiger partial charge in [-0.2, -0.15) is 0 Å². The topological polar surface area (TPSA) is 96.0 Å². The third-order valence-corrected chi connectivity index (χ3v) is 4.70. The van der Waals surface area contributed by atoms with E-state index in [9.17, 15) is 4.79 Å². The highest BCUT2D eigenvalue weighted by atomic mass is 16.6. The smallest absolute Gasteiger partial charge is 0.407 e. The van der Waals surface area contributed by atoms with Crippen LogP contribution in [0.5, 0.6) is 0 Å². The van der Waals surface area contributed by atoms with Crippen LogP contribution in [-0.4, -0.2) is 51.3 Å². The lowest BCUT2D eigenvalue weighted by atomic mass is 10.1. The van der Waals surface area contributed by atoms with E-state index < -0.39 is 0 Å². The zero-order valence-electron chi connectivity index (χ0n) is 15.8. The van der Waals surface area contributed by atoms with E-state index in [1.165, 1.54) is 0 Å². The van der Waals surface area contributed by atoms with E-state index in [-0.39, 0.29) is 18.2 Å². The fraction of sp³-hybridized carbons (Fsp3) is 0.474. The third kappa shape index (κ3) is 3.51. The fourth-order valence-corrected chi connectivity index (χ4v) is 3.61. The normalized spacial score (nSPS) is 17.6. The number of aromatic amines is 1. The van der Waals surface area contributed by atoms with Gasteiger partial charge in [0, 0.05) is 24.2 Å². The van der Waals surface area contributed by atoms with Crippen LogP contribution in [0.1, 0.15) is 32.5 Å². The summed E-state index contributed by atoms with van der Waals surface area (Å²) in [5, 5.41) is 4.78. The Hall–Kier alpha value is -2.90. The lowest BCUT2D eigenvalue weighted by Gasteiger charge is -2.34. The summed E-state index contributed by atoms with van der Waals surface area (Å²) >= 11 is 0. The molecule has 0 aromatic carbocycles. The van der Waals surface area contributed by atoms with Gasteiger partial charge >= 0.3 is 6.09 Å². The van der Waals surface area contributed by atoms with Crippen molar-refractivity contribution in [3.8, 4) is 0 Å².